The molecule has 38 rings (SSSR count). The van der Waals surface area contributed by atoms with Crippen LogP contribution in [0.15, 0.2) is 56.2 Å². The van der Waals surface area contributed by atoms with Gasteiger partial charge in [0, 0.05) is 41.3 Å². The average molecular weight is 1410 g/mol. The second-order valence-corrected chi connectivity index (χ2v) is 41.8. The van der Waals surface area contributed by atoms with Crippen molar-refractivity contribution in [1.82, 2.24) is 0 Å². The molecular weight excluding hydrogens is 1390 g/mol. The zero-order chi connectivity index (χ0) is 62.9. The molecule has 100 heavy (non-hydrogen) atoms. The maximum absolute atomic E-state index is 13.7. The molecule has 4 spiro atoms. The number of hydrogen-bond acceptors (Lipinski definition) is 16. The summed E-state index contributed by atoms with van der Waals surface area (Å²) in [5, 5.41) is 76.1. The highest BCUT2D eigenvalue weighted by atomic mass is 32.2. The van der Waals surface area contributed by atoms with Crippen molar-refractivity contribution in [3.63, 3.8) is 0 Å². The van der Waals surface area contributed by atoms with Crippen LogP contribution >= 0.6 is 94.1 Å². The summed E-state index contributed by atoms with van der Waals surface area (Å²) in [6.45, 7) is 0. The van der Waals surface area contributed by atoms with Crippen LogP contribution in [-0.4, -0.2) is 52.3 Å². The van der Waals surface area contributed by atoms with E-state index in [1.165, 1.54) is 95.1 Å². The van der Waals surface area contributed by atoms with Crippen LogP contribution in [-0.2, 0) is 59.8 Å². The Balaban J connectivity index is 0.786. The SMILES string of the molecule is COC(=O)C1=C(C(=O)OC)SC(=C2SC3=C(CC45c6c7c8c9c%10c%11c(c%12c%13c4c4c6c6c%14c7c7c8c8c%10c%10c%15c%16c%17c%18c%19c%20c%21c%22c%23c%24c%25c(c%16c%16c%26c%25c%25c%24c%24c%22c(c4c%24c%13c%25c%12c%26c%11c%16%10)c6c%21c%14c%19c7c%18c%158)C%174CC6=C(CC%20%234)SC(=C4SC(C(=O)OC)=C(C(=O)OC)S4)S6)C95C3)S2)S1. The zero-order valence-electron chi connectivity index (χ0n) is 51.4. The molecule has 14 aliphatic rings. The lowest BCUT2D eigenvalue weighted by Gasteiger charge is -2.57. The molecule has 452 valence electrons. The molecule has 0 bridgehead atoms. The Morgan fingerprint density at radius 2 is 0.320 bits per heavy atom. The number of hydrogen-bond donors (Lipinski definition) is 0. The van der Waals surface area contributed by atoms with E-state index in [0.29, 0.717) is 19.6 Å². The smallest absolute Gasteiger partial charge is 0.346 e. The maximum atomic E-state index is 13.7. The Kier molecular flexibility index (Phi) is 5.54. The molecule has 0 unspecified atom stereocenters. The van der Waals surface area contributed by atoms with Gasteiger partial charge in [-0.05, 0) is 329 Å². The van der Waals surface area contributed by atoms with E-state index in [9.17, 15) is 19.2 Å². The van der Waals surface area contributed by atoms with Gasteiger partial charge in [0.05, 0.1) is 45.4 Å². The fraction of sp³-hybridized carbons (Fsp3) is 0.143. The lowest BCUT2D eigenvalue weighted by Crippen LogP contribution is -2.53. The predicted molar refractivity (Wildman–Crippen MR) is 416 cm³/mol. The minimum atomic E-state index is -0.500. The Morgan fingerprint density at radius 3 is 0.450 bits per heavy atom. The summed E-state index contributed by atoms with van der Waals surface area (Å²) < 4.78 is 25.8. The Bertz CT molecular complexity index is 7720. The van der Waals surface area contributed by atoms with E-state index in [-0.39, 0.29) is 0 Å². The van der Waals surface area contributed by atoms with Gasteiger partial charge >= 0.3 is 23.9 Å². The fourth-order valence-electron chi connectivity index (χ4n) is 30.0. The molecule has 4 aliphatic heterocycles. The largest absolute Gasteiger partial charge is 0.465 e. The number of methoxy groups -OCH3 is 4. The molecule has 24 aromatic carbocycles. The molecular formula is C84H20O8S8. The second-order valence-electron chi connectivity index (χ2n) is 32.3. The highest BCUT2D eigenvalue weighted by Gasteiger charge is 2.75. The maximum Gasteiger partial charge on any atom is 0.346 e. The second kappa shape index (κ2) is 11.9. The molecule has 0 N–H and O–H groups in total. The molecule has 0 saturated heterocycles. The normalized spacial score (nSPS) is 26.2. The van der Waals surface area contributed by atoms with E-state index in [0.717, 1.165) is 42.6 Å². The van der Waals surface area contributed by atoms with Gasteiger partial charge in [0.15, 0.2) is 0 Å². The first-order chi connectivity index (χ1) is 49.2. The molecule has 4 heterocycles. The van der Waals surface area contributed by atoms with E-state index >= 15 is 0 Å². The summed E-state index contributed by atoms with van der Waals surface area (Å²) >= 11 is 13.3. The molecule has 0 atom stereocenters. The van der Waals surface area contributed by atoms with Crippen molar-refractivity contribution in [2.75, 3.05) is 28.4 Å². The number of thioether (sulfide) groups is 8. The Hall–Kier alpha value is -8.16. The summed E-state index contributed by atoms with van der Waals surface area (Å²) in [6, 6.07) is 0. The molecule has 0 saturated carbocycles. The van der Waals surface area contributed by atoms with Gasteiger partial charge < -0.3 is 18.9 Å². The molecule has 8 nitrogen and oxygen atoms in total. The molecule has 0 aromatic heterocycles. The third kappa shape index (κ3) is 3.11. The van der Waals surface area contributed by atoms with E-state index in [1.54, 1.807) is 303 Å². The summed E-state index contributed by atoms with van der Waals surface area (Å²) in [5.41, 5.74) is 11.6. The van der Waals surface area contributed by atoms with Crippen molar-refractivity contribution < 1.29 is 38.1 Å². The molecule has 0 fully saturated rings. The molecule has 24 aromatic rings. The lowest BCUT2D eigenvalue weighted by atomic mass is 9.45. The molecule has 10 aliphatic carbocycles. The van der Waals surface area contributed by atoms with Crippen molar-refractivity contribution in [2.24, 2.45) is 0 Å². The number of ether oxygens (including phenoxy) is 4. The van der Waals surface area contributed by atoms with Gasteiger partial charge in [-0.2, -0.15) is 0 Å². The number of carbonyl (C=O) groups is 4. The van der Waals surface area contributed by atoms with Crippen LogP contribution in [0.5, 0.6) is 0 Å². The zero-order valence-corrected chi connectivity index (χ0v) is 57.9. The number of benzene rings is 16. The van der Waals surface area contributed by atoms with Gasteiger partial charge in [-0.25, -0.2) is 19.2 Å². The van der Waals surface area contributed by atoms with Crippen LogP contribution < -0.4 is 0 Å². The van der Waals surface area contributed by atoms with Crippen molar-refractivity contribution in [2.45, 2.75) is 47.3 Å². The van der Waals surface area contributed by atoms with Crippen LogP contribution in [0, 0.1) is 0 Å². The quantitative estimate of drug-likeness (QED) is 0.0947. The van der Waals surface area contributed by atoms with Gasteiger partial charge in [0.25, 0.3) is 0 Å². The van der Waals surface area contributed by atoms with Crippen LogP contribution in [0.2, 0.25) is 0 Å². The summed E-state index contributed by atoms with van der Waals surface area (Å²) in [5.74, 6) is -2.00. The highest BCUT2D eigenvalue weighted by molar-refractivity contribution is 8.35. The summed E-state index contributed by atoms with van der Waals surface area (Å²) in [6.07, 6.45) is 3.59. The Morgan fingerprint density at radius 1 is 0.200 bits per heavy atom. The minimum absolute atomic E-state index is 0.313. The standard InChI is InChI=1S/C84H20O8S8/c1-89-73(85)69-70(74(86)90-2)98-79(97-69)77-93-9-5-81-61-45-29-13-15-33-21-17(29)37-25-26-38-18-22-34-16-14-30(18)46(62(81)54(38)53(37)61)48-32(14)20-24-36(16)52-50(34)66-58(42(22)26)57(41(21)25)65-49(33)51-35(15)23-19-31(13)47(45)63-55-39(19)27-28(40(20)56(55)64(48)82(63,81)6-10(9)94-77)44(24)60-59(43(23)27)67(51)84(68(52)60)8-12-11(7-83(65,66)84)95-78(96-12)80-99-71(75(87)91-3)72(100-80)76(88)92-4/h5-8H2,1-4H3. The van der Waals surface area contributed by atoms with Crippen LogP contribution in [0.3, 0.4) is 0 Å². The summed E-state index contributed by atoms with van der Waals surface area (Å²) in [4.78, 5) is 61.7. The molecule has 16 heteroatoms. The highest BCUT2D eigenvalue weighted by Crippen LogP contribution is 2.91. The van der Waals surface area contributed by atoms with Crippen molar-refractivity contribution in [3.05, 3.63) is 101 Å². The topological polar surface area (TPSA) is 105 Å². The van der Waals surface area contributed by atoms with Crippen molar-refractivity contribution in [3.8, 4) is 0 Å². The third-order valence-electron chi connectivity index (χ3n) is 31.1. The van der Waals surface area contributed by atoms with E-state index in [1.807, 2.05) is 47.0 Å². The van der Waals surface area contributed by atoms with Gasteiger partial charge in [0.1, 0.15) is 19.6 Å². The first-order valence-corrected chi connectivity index (χ1v) is 40.9. The van der Waals surface area contributed by atoms with Gasteiger partial charge in [-0.1, -0.05) is 94.1 Å². The van der Waals surface area contributed by atoms with Crippen LogP contribution in [0.4, 0.5) is 0 Å². The van der Waals surface area contributed by atoms with Crippen molar-refractivity contribution in [1.29, 1.82) is 0 Å². The first-order valence-electron chi connectivity index (χ1n) is 34.4. The molecule has 0 amide bonds. The fourth-order valence-corrected chi connectivity index (χ4v) is 41.4. The number of allylic oxidation sites excluding steroid dienone is 4. The minimum Gasteiger partial charge on any atom is -0.465 e. The number of esters is 4. The lowest BCUT2D eigenvalue weighted by molar-refractivity contribution is -0.138. The van der Waals surface area contributed by atoms with E-state index in [4.69, 9.17) is 18.9 Å². The van der Waals surface area contributed by atoms with Gasteiger partial charge in [-0.3, -0.25) is 0 Å². The predicted octanol–water partition coefficient (Wildman–Crippen LogP) is 22.2. The summed E-state index contributed by atoms with van der Waals surface area (Å²) in [7, 11) is 5.61. The van der Waals surface area contributed by atoms with Gasteiger partial charge in [0.2, 0.25) is 0 Å². The van der Waals surface area contributed by atoms with Gasteiger partial charge in [-0.15, -0.1) is 0 Å². The molecule has 0 radical (unpaired) electrons. The monoisotopic (exact) mass is 1410 g/mol. The average Bonchev–Trinajstić information content (AvgIpc) is 1.38. The van der Waals surface area contributed by atoms with E-state index < -0.39 is 45.5 Å². The number of rotatable bonds is 4. The van der Waals surface area contributed by atoms with Crippen molar-refractivity contribution >= 4 is 377 Å². The van der Waals surface area contributed by atoms with Crippen LogP contribution in [0.1, 0.15) is 70.2 Å². The number of carbonyl (C=O) groups excluding carboxylic acids is 4. The Labute approximate surface area is 585 Å². The third-order valence-corrected chi connectivity index (χ3v) is 42.6. The van der Waals surface area contributed by atoms with E-state index in [2.05, 4.69) is 0 Å². The van der Waals surface area contributed by atoms with Crippen LogP contribution in [0.25, 0.3) is 259 Å². The first kappa shape index (κ1) is 46.4.